The molecule has 2 aromatic carbocycles. The molecule has 4 rings (SSSR count). The van der Waals surface area contributed by atoms with Gasteiger partial charge in [0.2, 0.25) is 6.10 Å². The van der Waals surface area contributed by atoms with Gasteiger partial charge in [-0.25, -0.2) is 0 Å². The van der Waals surface area contributed by atoms with Crippen LogP contribution in [0.5, 0.6) is 5.75 Å². The maximum absolute atomic E-state index is 13.2. The van der Waals surface area contributed by atoms with Crippen molar-refractivity contribution >= 4 is 18.3 Å². The zero-order chi connectivity index (χ0) is 16.4. The number of halogens is 1. The smallest absolute Gasteiger partial charge is 0.268 e. The fourth-order valence-corrected chi connectivity index (χ4v) is 3.73. The molecule has 25 heavy (non-hydrogen) atoms. The molecule has 0 radical (unpaired) electrons. The van der Waals surface area contributed by atoms with Crippen molar-refractivity contribution in [2.24, 2.45) is 11.8 Å². The summed E-state index contributed by atoms with van der Waals surface area (Å²) in [5.41, 5.74) is 0.904. The number of para-hydroxylation sites is 1. The van der Waals surface area contributed by atoms with Crippen LogP contribution < -0.4 is 10.1 Å². The maximum Gasteiger partial charge on any atom is 0.268 e. The predicted molar refractivity (Wildman–Crippen MR) is 99.9 cm³/mol. The van der Waals surface area contributed by atoms with Crippen LogP contribution in [0, 0.1) is 11.8 Å². The van der Waals surface area contributed by atoms with Crippen LogP contribution in [0.4, 0.5) is 0 Å². The van der Waals surface area contributed by atoms with E-state index in [0.717, 1.165) is 37.5 Å². The van der Waals surface area contributed by atoms with E-state index >= 15 is 0 Å². The quantitative estimate of drug-likeness (QED) is 0.913. The van der Waals surface area contributed by atoms with Gasteiger partial charge in [0.15, 0.2) is 0 Å². The summed E-state index contributed by atoms with van der Waals surface area (Å²) < 4.78 is 6.09. The SMILES string of the molecule is Cl.O=C(C(Oc1ccccc1)c1ccccc1)N1C[C@H]2CNC[C@H]2C1. The third-order valence-corrected chi connectivity index (χ3v) is 5.02. The molecule has 2 heterocycles. The molecule has 2 fully saturated rings. The molecule has 2 aromatic rings. The van der Waals surface area contributed by atoms with Crippen LogP contribution in [0.15, 0.2) is 60.7 Å². The summed E-state index contributed by atoms with van der Waals surface area (Å²) in [4.78, 5) is 15.1. The van der Waals surface area contributed by atoms with Crippen molar-refractivity contribution in [2.45, 2.75) is 6.10 Å². The molecule has 5 heteroatoms. The fraction of sp³-hybridized carbons (Fsp3) is 0.350. The van der Waals surface area contributed by atoms with Gasteiger partial charge in [-0.15, -0.1) is 12.4 Å². The van der Waals surface area contributed by atoms with Crippen molar-refractivity contribution in [3.8, 4) is 5.75 Å². The van der Waals surface area contributed by atoms with E-state index < -0.39 is 6.10 Å². The molecule has 0 spiro atoms. The third-order valence-electron chi connectivity index (χ3n) is 5.02. The Morgan fingerprint density at radius 1 is 0.960 bits per heavy atom. The van der Waals surface area contributed by atoms with Gasteiger partial charge in [-0.05, 0) is 24.0 Å². The molecule has 3 atom stereocenters. The summed E-state index contributed by atoms with van der Waals surface area (Å²) in [6, 6.07) is 19.4. The molecule has 2 aliphatic heterocycles. The van der Waals surface area contributed by atoms with Gasteiger partial charge in [-0.1, -0.05) is 48.5 Å². The summed E-state index contributed by atoms with van der Waals surface area (Å²) in [5.74, 6) is 1.96. The summed E-state index contributed by atoms with van der Waals surface area (Å²) in [5, 5.41) is 3.42. The molecule has 132 valence electrons. The average Bonchev–Trinajstić information content (AvgIpc) is 3.23. The minimum atomic E-state index is -0.583. The first-order valence-electron chi connectivity index (χ1n) is 8.57. The number of fused-ring (bicyclic) bond motifs is 1. The van der Waals surface area contributed by atoms with Crippen molar-refractivity contribution in [1.82, 2.24) is 10.2 Å². The van der Waals surface area contributed by atoms with E-state index in [4.69, 9.17) is 4.74 Å². The van der Waals surface area contributed by atoms with Crippen LogP contribution in [-0.4, -0.2) is 37.0 Å². The summed E-state index contributed by atoms with van der Waals surface area (Å²) in [6.45, 7) is 3.70. The lowest BCUT2D eigenvalue weighted by atomic mass is 10.0. The van der Waals surface area contributed by atoms with Crippen molar-refractivity contribution in [1.29, 1.82) is 0 Å². The second-order valence-corrected chi connectivity index (χ2v) is 6.64. The van der Waals surface area contributed by atoms with Crippen LogP contribution in [0.2, 0.25) is 0 Å². The van der Waals surface area contributed by atoms with E-state index in [1.54, 1.807) is 0 Å². The molecule has 2 aliphatic rings. The predicted octanol–water partition coefficient (Wildman–Crippen LogP) is 2.91. The number of benzene rings is 2. The van der Waals surface area contributed by atoms with Crippen LogP contribution in [0.3, 0.4) is 0 Å². The van der Waals surface area contributed by atoms with Gasteiger partial charge in [-0.3, -0.25) is 4.79 Å². The zero-order valence-corrected chi connectivity index (χ0v) is 14.8. The normalized spacial score (nSPS) is 22.8. The van der Waals surface area contributed by atoms with E-state index in [1.807, 2.05) is 65.6 Å². The Balaban J connectivity index is 0.00000182. The molecule has 0 aliphatic carbocycles. The molecular weight excluding hydrogens is 336 g/mol. The number of nitrogens with zero attached hydrogens (tertiary/aromatic N) is 1. The number of hydrogen-bond acceptors (Lipinski definition) is 3. The number of carbonyl (C=O) groups excluding carboxylic acids is 1. The molecule has 2 saturated heterocycles. The number of nitrogens with one attached hydrogen (secondary N) is 1. The number of amides is 1. The molecule has 1 unspecified atom stereocenters. The molecule has 1 N–H and O–H groups in total. The number of hydrogen-bond donors (Lipinski definition) is 1. The molecule has 4 nitrogen and oxygen atoms in total. The summed E-state index contributed by atoms with van der Waals surface area (Å²) in [7, 11) is 0. The van der Waals surface area contributed by atoms with Gasteiger partial charge in [-0.2, -0.15) is 0 Å². The molecule has 0 aromatic heterocycles. The van der Waals surface area contributed by atoms with Crippen LogP contribution >= 0.6 is 12.4 Å². The average molecular weight is 359 g/mol. The lowest BCUT2D eigenvalue weighted by Crippen LogP contribution is -2.37. The molecular formula is C20H23ClN2O2. The van der Waals surface area contributed by atoms with Crippen LogP contribution in [-0.2, 0) is 4.79 Å². The molecule has 1 amide bonds. The van der Waals surface area contributed by atoms with E-state index in [1.165, 1.54) is 0 Å². The minimum Gasteiger partial charge on any atom is -0.476 e. The highest BCUT2D eigenvalue weighted by Gasteiger charge is 2.40. The van der Waals surface area contributed by atoms with Crippen LogP contribution in [0.1, 0.15) is 11.7 Å². The highest BCUT2D eigenvalue weighted by Crippen LogP contribution is 2.30. The Bertz CT molecular complexity index is 683. The lowest BCUT2D eigenvalue weighted by molar-refractivity contribution is -0.138. The molecule has 0 bridgehead atoms. The van der Waals surface area contributed by atoms with Crippen LogP contribution in [0.25, 0.3) is 0 Å². The Hall–Kier alpha value is -2.04. The van der Waals surface area contributed by atoms with Crippen molar-refractivity contribution in [3.05, 3.63) is 66.2 Å². The number of carbonyl (C=O) groups is 1. The van der Waals surface area contributed by atoms with Crippen molar-refractivity contribution < 1.29 is 9.53 Å². The Kier molecular flexibility index (Phi) is 5.61. The van der Waals surface area contributed by atoms with E-state index in [2.05, 4.69) is 5.32 Å². The largest absolute Gasteiger partial charge is 0.476 e. The maximum atomic E-state index is 13.2. The monoisotopic (exact) mass is 358 g/mol. The Labute approximate surface area is 154 Å². The highest BCUT2D eigenvalue weighted by molar-refractivity contribution is 5.85. The van der Waals surface area contributed by atoms with E-state index in [9.17, 15) is 4.79 Å². The van der Waals surface area contributed by atoms with E-state index in [0.29, 0.717) is 11.8 Å². The second kappa shape index (κ2) is 7.89. The summed E-state index contributed by atoms with van der Waals surface area (Å²) in [6.07, 6.45) is -0.583. The topological polar surface area (TPSA) is 41.6 Å². The lowest BCUT2D eigenvalue weighted by Gasteiger charge is -2.25. The highest BCUT2D eigenvalue weighted by atomic mass is 35.5. The van der Waals surface area contributed by atoms with E-state index in [-0.39, 0.29) is 18.3 Å². The van der Waals surface area contributed by atoms with Gasteiger partial charge in [0, 0.05) is 31.7 Å². The number of ether oxygens (including phenoxy) is 1. The second-order valence-electron chi connectivity index (χ2n) is 6.64. The zero-order valence-electron chi connectivity index (χ0n) is 14.0. The van der Waals surface area contributed by atoms with Gasteiger partial charge >= 0.3 is 0 Å². The Morgan fingerprint density at radius 2 is 1.52 bits per heavy atom. The number of likely N-dealkylation sites (tertiary alicyclic amines) is 1. The first-order valence-corrected chi connectivity index (χ1v) is 8.57. The van der Waals surface area contributed by atoms with Gasteiger partial charge < -0.3 is 15.0 Å². The molecule has 0 saturated carbocycles. The number of rotatable bonds is 4. The van der Waals surface area contributed by atoms with Crippen molar-refractivity contribution in [2.75, 3.05) is 26.2 Å². The standard InChI is InChI=1S/C20H22N2O2.ClH/c23-20(22-13-16-11-21-12-17(16)14-22)19(15-7-3-1-4-8-15)24-18-9-5-2-6-10-18;/h1-10,16-17,19,21H,11-14H2;1H/t16-,17+,19?;. The van der Waals surface area contributed by atoms with Crippen molar-refractivity contribution in [3.63, 3.8) is 0 Å². The Morgan fingerprint density at radius 3 is 2.12 bits per heavy atom. The summed E-state index contributed by atoms with van der Waals surface area (Å²) >= 11 is 0. The third kappa shape index (κ3) is 3.80. The minimum absolute atomic E-state index is 0. The van der Waals surface area contributed by atoms with Gasteiger partial charge in [0.05, 0.1) is 0 Å². The van der Waals surface area contributed by atoms with Gasteiger partial charge in [0.1, 0.15) is 5.75 Å². The van der Waals surface area contributed by atoms with Gasteiger partial charge in [0.25, 0.3) is 5.91 Å². The fourth-order valence-electron chi connectivity index (χ4n) is 3.73. The first kappa shape index (κ1) is 17.8. The first-order chi connectivity index (χ1) is 11.8.